The molecule has 0 amide bonds. The highest BCUT2D eigenvalue weighted by atomic mass is 15.0. The van der Waals surface area contributed by atoms with Crippen LogP contribution in [0.15, 0.2) is 133 Å². The monoisotopic (exact) mass is 534 g/mol. The van der Waals surface area contributed by atoms with E-state index in [2.05, 4.69) is 117 Å². The third-order valence-corrected chi connectivity index (χ3v) is 8.17. The van der Waals surface area contributed by atoms with Crippen LogP contribution in [0.25, 0.3) is 71.0 Å². The summed E-state index contributed by atoms with van der Waals surface area (Å²) in [5, 5.41) is 14.0. The van der Waals surface area contributed by atoms with Crippen molar-refractivity contribution in [3.05, 3.63) is 150 Å². The quantitative estimate of drug-likeness (QED) is 0.208. The zero-order chi connectivity index (χ0) is 28.2. The minimum atomic E-state index is 0.578. The maximum absolute atomic E-state index is 9.65. The molecule has 194 valence electrons. The highest BCUT2D eigenvalue weighted by Crippen LogP contribution is 2.41. The average molecular weight is 535 g/mol. The molecule has 8 aromatic rings. The number of para-hydroxylation sites is 4. The summed E-state index contributed by atoms with van der Waals surface area (Å²) in [5.41, 5.74) is 9.83. The van der Waals surface area contributed by atoms with Crippen LogP contribution in [0.5, 0.6) is 0 Å². The van der Waals surface area contributed by atoms with E-state index in [1.54, 1.807) is 0 Å². The third-order valence-electron chi connectivity index (χ3n) is 8.17. The number of nitrogens with zero attached hydrogens (tertiary/aromatic N) is 4. The van der Waals surface area contributed by atoms with Gasteiger partial charge in [0, 0.05) is 27.3 Å². The molecule has 0 unspecified atom stereocenters. The normalized spacial score (nSPS) is 11.3. The summed E-state index contributed by atoms with van der Waals surface area (Å²) in [6, 6.07) is 48.1. The molecule has 2 heterocycles. The van der Waals surface area contributed by atoms with E-state index in [4.69, 9.17) is 6.57 Å². The lowest BCUT2D eigenvalue weighted by molar-refractivity contribution is 1.16. The van der Waals surface area contributed by atoms with Crippen molar-refractivity contribution in [2.24, 2.45) is 0 Å². The van der Waals surface area contributed by atoms with Gasteiger partial charge in [-0.05, 0) is 60.0 Å². The minimum Gasteiger partial charge on any atom is -0.309 e. The SMILES string of the molecule is [C-]#[N+]c1ccc2c(c1)c1cc(C#N)ccc1n2-c1ccccc1-c1ccccc1-n1c2ccccc2c2ccccc21. The van der Waals surface area contributed by atoms with Crippen molar-refractivity contribution in [1.29, 1.82) is 5.26 Å². The van der Waals surface area contributed by atoms with E-state index in [9.17, 15) is 5.26 Å². The van der Waals surface area contributed by atoms with E-state index >= 15 is 0 Å². The van der Waals surface area contributed by atoms with Crippen molar-refractivity contribution in [2.75, 3.05) is 0 Å². The van der Waals surface area contributed by atoms with Crippen molar-refractivity contribution in [2.45, 2.75) is 0 Å². The number of hydrogen-bond acceptors (Lipinski definition) is 1. The van der Waals surface area contributed by atoms with Gasteiger partial charge >= 0.3 is 0 Å². The molecule has 8 rings (SSSR count). The van der Waals surface area contributed by atoms with E-state index in [0.29, 0.717) is 11.3 Å². The largest absolute Gasteiger partial charge is 0.309 e. The maximum atomic E-state index is 9.65. The fourth-order valence-electron chi connectivity index (χ4n) is 6.38. The van der Waals surface area contributed by atoms with Crippen LogP contribution in [0.3, 0.4) is 0 Å². The Hall–Kier alpha value is -6.10. The van der Waals surface area contributed by atoms with Crippen LogP contribution in [0.2, 0.25) is 0 Å². The molecule has 0 aliphatic carbocycles. The van der Waals surface area contributed by atoms with Crippen molar-refractivity contribution < 1.29 is 0 Å². The van der Waals surface area contributed by atoms with Gasteiger partial charge in [0.05, 0.1) is 51.6 Å². The predicted octanol–water partition coefficient (Wildman–Crippen LogP) is 9.97. The third kappa shape index (κ3) is 3.40. The highest BCUT2D eigenvalue weighted by Gasteiger charge is 2.20. The van der Waals surface area contributed by atoms with Gasteiger partial charge in [-0.25, -0.2) is 4.85 Å². The summed E-state index contributed by atoms with van der Waals surface area (Å²) in [6.07, 6.45) is 0. The number of hydrogen-bond donors (Lipinski definition) is 0. The second-order valence-electron chi connectivity index (χ2n) is 10.4. The van der Waals surface area contributed by atoms with Crippen molar-refractivity contribution in [3.8, 4) is 28.6 Å². The molecule has 0 fully saturated rings. The summed E-state index contributed by atoms with van der Waals surface area (Å²) >= 11 is 0. The van der Waals surface area contributed by atoms with Gasteiger partial charge in [0.1, 0.15) is 0 Å². The number of rotatable bonds is 3. The van der Waals surface area contributed by atoms with E-state index in [1.165, 1.54) is 10.8 Å². The summed E-state index contributed by atoms with van der Waals surface area (Å²) in [4.78, 5) is 3.68. The standard InChI is InChI=1S/C38H22N4/c1-40-26-19-21-38-32(23-26)31-22-25(24-39)18-20-37(31)42(38)36-17-9-5-13-30(36)29-12-4-8-16-35(29)41-33-14-6-2-10-27(33)28-11-3-7-15-34(28)41/h2-23H. The molecule has 0 N–H and O–H groups in total. The van der Waals surface area contributed by atoms with E-state index in [1.807, 2.05) is 36.4 Å². The Morgan fingerprint density at radius 1 is 0.500 bits per heavy atom. The number of fused-ring (bicyclic) bond motifs is 6. The van der Waals surface area contributed by atoms with Crippen molar-refractivity contribution >= 4 is 49.3 Å². The number of nitriles is 1. The summed E-state index contributed by atoms with van der Waals surface area (Å²) < 4.78 is 4.63. The average Bonchev–Trinajstić information content (AvgIpc) is 3.56. The van der Waals surface area contributed by atoms with Crippen LogP contribution in [-0.2, 0) is 0 Å². The number of benzene rings is 6. The predicted molar refractivity (Wildman–Crippen MR) is 172 cm³/mol. The Labute approximate surface area is 242 Å². The van der Waals surface area contributed by atoms with Crippen LogP contribution in [0.4, 0.5) is 5.69 Å². The molecule has 0 spiro atoms. The second kappa shape index (κ2) is 9.24. The first-order valence-electron chi connectivity index (χ1n) is 13.8. The lowest BCUT2D eigenvalue weighted by Gasteiger charge is -2.18. The number of aromatic nitrogens is 2. The van der Waals surface area contributed by atoms with Crippen LogP contribution in [0, 0.1) is 17.9 Å². The zero-order valence-electron chi connectivity index (χ0n) is 22.5. The molecule has 0 bridgehead atoms. The first-order valence-corrected chi connectivity index (χ1v) is 13.8. The van der Waals surface area contributed by atoms with E-state index in [0.717, 1.165) is 55.3 Å². The first-order chi connectivity index (χ1) is 20.8. The van der Waals surface area contributed by atoms with Gasteiger partial charge in [-0.1, -0.05) is 78.9 Å². The second-order valence-corrected chi connectivity index (χ2v) is 10.4. The molecule has 2 aromatic heterocycles. The van der Waals surface area contributed by atoms with E-state index < -0.39 is 0 Å². The molecule has 0 aliphatic rings. The maximum Gasteiger partial charge on any atom is 0.188 e. The van der Waals surface area contributed by atoms with Crippen LogP contribution in [0.1, 0.15) is 5.56 Å². The Balaban J connectivity index is 1.46. The summed E-state index contributed by atoms with van der Waals surface area (Å²) in [7, 11) is 0. The Morgan fingerprint density at radius 2 is 0.976 bits per heavy atom. The summed E-state index contributed by atoms with van der Waals surface area (Å²) in [5.74, 6) is 0. The van der Waals surface area contributed by atoms with Crippen LogP contribution >= 0.6 is 0 Å². The van der Waals surface area contributed by atoms with Gasteiger partial charge in [0.15, 0.2) is 5.69 Å². The molecular weight excluding hydrogens is 512 g/mol. The minimum absolute atomic E-state index is 0.578. The van der Waals surface area contributed by atoms with Gasteiger partial charge < -0.3 is 9.13 Å². The molecular formula is C38H22N4. The van der Waals surface area contributed by atoms with Crippen molar-refractivity contribution in [3.63, 3.8) is 0 Å². The molecule has 0 aliphatic heterocycles. The zero-order valence-corrected chi connectivity index (χ0v) is 22.5. The molecule has 0 atom stereocenters. The lowest BCUT2D eigenvalue weighted by Crippen LogP contribution is -2.01. The van der Waals surface area contributed by atoms with E-state index in [-0.39, 0.29) is 0 Å². The van der Waals surface area contributed by atoms with Gasteiger partial charge in [-0.15, -0.1) is 0 Å². The Morgan fingerprint density at radius 3 is 1.55 bits per heavy atom. The lowest BCUT2D eigenvalue weighted by atomic mass is 10.0. The topological polar surface area (TPSA) is 38.0 Å². The fraction of sp³-hybridized carbons (Fsp3) is 0. The molecule has 42 heavy (non-hydrogen) atoms. The highest BCUT2D eigenvalue weighted by molar-refractivity contribution is 6.12. The van der Waals surface area contributed by atoms with Gasteiger partial charge in [0.2, 0.25) is 0 Å². The molecule has 4 heteroatoms. The molecule has 0 radical (unpaired) electrons. The summed E-state index contributed by atoms with van der Waals surface area (Å²) in [6.45, 7) is 7.59. The molecule has 0 saturated carbocycles. The Kier molecular flexibility index (Phi) is 5.22. The Bertz CT molecular complexity index is 2320. The van der Waals surface area contributed by atoms with Gasteiger partial charge in [-0.3, -0.25) is 0 Å². The molecule has 0 saturated heterocycles. The fourth-order valence-corrected chi connectivity index (χ4v) is 6.38. The first kappa shape index (κ1) is 23.8. The van der Waals surface area contributed by atoms with Crippen molar-refractivity contribution in [1.82, 2.24) is 9.13 Å². The van der Waals surface area contributed by atoms with Gasteiger partial charge in [-0.2, -0.15) is 5.26 Å². The molecule has 6 aromatic carbocycles. The van der Waals surface area contributed by atoms with Crippen LogP contribution < -0.4 is 0 Å². The smallest absolute Gasteiger partial charge is 0.188 e. The molecule has 4 nitrogen and oxygen atoms in total. The van der Waals surface area contributed by atoms with Gasteiger partial charge in [0.25, 0.3) is 0 Å². The van der Waals surface area contributed by atoms with Crippen LogP contribution in [-0.4, -0.2) is 9.13 Å².